The third kappa shape index (κ3) is 1.83. The molecule has 4 nitrogen and oxygen atoms in total. The summed E-state index contributed by atoms with van der Waals surface area (Å²) in [6, 6.07) is 0.267. The summed E-state index contributed by atoms with van der Waals surface area (Å²) < 4.78 is 2.01. The Bertz CT molecular complexity index is 443. The number of nitrogens with two attached hydrogens (primary N) is 1. The van der Waals surface area contributed by atoms with Gasteiger partial charge in [-0.05, 0) is 61.7 Å². The fraction of sp³-hybridized carbons (Fsp3) is 0.867. The number of hydrogen-bond donors (Lipinski definition) is 1. The molecular weight excluding hydrogens is 236 g/mol. The van der Waals surface area contributed by atoms with Crippen LogP contribution in [0.25, 0.3) is 0 Å². The van der Waals surface area contributed by atoms with E-state index in [2.05, 4.69) is 10.2 Å². The van der Waals surface area contributed by atoms with E-state index in [1.54, 1.807) is 6.33 Å². The number of aryl methyl sites for hydroxylation is 1. The van der Waals surface area contributed by atoms with E-state index in [1.807, 2.05) is 11.6 Å². The highest BCUT2D eigenvalue weighted by Crippen LogP contribution is 2.61. The van der Waals surface area contributed by atoms with Crippen LogP contribution in [0.5, 0.6) is 0 Å². The summed E-state index contributed by atoms with van der Waals surface area (Å²) in [5.41, 5.74) is 7.07. The van der Waals surface area contributed by atoms with Crippen molar-refractivity contribution in [3.8, 4) is 0 Å². The zero-order valence-electron chi connectivity index (χ0n) is 11.8. The van der Waals surface area contributed by atoms with Gasteiger partial charge in [0.15, 0.2) is 0 Å². The number of hydrogen-bond acceptors (Lipinski definition) is 3. The van der Waals surface area contributed by atoms with Gasteiger partial charge in [0.1, 0.15) is 12.2 Å². The van der Waals surface area contributed by atoms with Gasteiger partial charge in [-0.2, -0.15) is 0 Å². The Labute approximate surface area is 114 Å². The van der Waals surface area contributed by atoms with Gasteiger partial charge in [-0.25, -0.2) is 0 Å². The molecule has 4 saturated carbocycles. The summed E-state index contributed by atoms with van der Waals surface area (Å²) >= 11 is 0. The molecule has 0 radical (unpaired) electrons. The largest absolute Gasteiger partial charge is 0.327 e. The normalized spacial score (nSPS) is 41.7. The lowest BCUT2D eigenvalue weighted by Crippen LogP contribution is -2.55. The second-order valence-corrected chi connectivity index (χ2v) is 7.45. The Kier molecular flexibility index (Phi) is 2.53. The first-order valence-corrected chi connectivity index (χ1v) is 7.73. The lowest BCUT2D eigenvalue weighted by atomic mass is 9.47. The smallest absolute Gasteiger partial charge is 0.134 e. The van der Waals surface area contributed by atoms with Gasteiger partial charge >= 0.3 is 0 Å². The molecule has 104 valence electrons. The fourth-order valence-corrected chi connectivity index (χ4v) is 5.54. The molecule has 1 heterocycles. The lowest BCUT2D eigenvalue weighted by molar-refractivity contribution is -0.0671. The van der Waals surface area contributed by atoms with Crippen LogP contribution >= 0.6 is 0 Å². The highest BCUT2D eigenvalue weighted by atomic mass is 15.2. The maximum atomic E-state index is 6.65. The summed E-state index contributed by atoms with van der Waals surface area (Å²) in [6.07, 6.45) is 11.2. The van der Waals surface area contributed by atoms with Gasteiger partial charge in [-0.15, -0.1) is 10.2 Å². The lowest BCUT2D eigenvalue weighted by Gasteiger charge is -2.59. The van der Waals surface area contributed by atoms with Crippen LogP contribution < -0.4 is 5.73 Å². The molecule has 2 N–H and O–H groups in total. The van der Waals surface area contributed by atoms with E-state index < -0.39 is 0 Å². The quantitative estimate of drug-likeness (QED) is 0.903. The first-order chi connectivity index (χ1) is 9.14. The maximum absolute atomic E-state index is 6.65. The Morgan fingerprint density at radius 3 is 2.32 bits per heavy atom. The molecule has 1 aromatic rings. The summed E-state index contributed by atoms with van der Waals surface area (Å²) in [4.78, 5) is 0. The van der Waals surface area contributed by atoms with Gasteiger partial charge < -0.3 is 10.3 Å². The van der Waals surface area contributed by atoms with Crippen LogP contribution in [-0.2, 0) is 13.5 Å². The SMILES string of the molecule is Cn1cnnc1CC(N)C12CC3CC(CC(C3)C1)C2. The molecule has 5 rings (SSSR count). The monoisotopic (exact) mass is 260 g/mol. The zero-order chi connectivity index (χ0) is 13.0. The van der Waals surface area contributed by atoms with Crippen molar-refractivity contribution in [2.75, 3.05) is 0 Å². The minimum absolute atomic E-state index is 0.267. The fourth-order valence-electron chi connectivity index (χ4n) is 5.54. The summed E-state index contributed by atoms with van der Waals surface area (Å²) in [7, 11) is 2.02. The Hall–Kier alpha value is -0.900. The van der Waals surface area contributed by atoms with Crippen LogP contribution in [0.3, 0.4) is 0 Å². The minimum atomic E-state index is 0.267. The van der Waals surface area contributed by atoms with E-state index in [4.69, 9.17) is 5.73 Å². The highest BCUT2D eigenvalue weighted by molar-refractivity contribution is 5.07. The van der Waals surface area contributed by atoms with Crippen molar-refractivity contribution in [1.29, 1.82) is 0 Å². The minimum Gasteiger partial charge on any atom is -0.327 e. The standard InChI is InChI=1S/C15H24N4/c1-19-9-17-18-14(19)5-13(16)15-6-10-2-11(7-15)4-12(3-10)8-15/h9-13H,2-8,16H2,1H3. The molecule has 0 aliphatic heterocycles. The third-order valence-electron chi connectivity index (χ3n) is 6.08. The van der Waals surface area contributed by atoms with Crippen LogP contribution in [0, 0.1) is 23.2 Å². The average Bonchev–Trinajstić information content (AvgIpc) is 2.73. The van der Waals surface area contributed by atoms with Gasteiger partial charge in [-0.1, -0.05) is 0 Å². The van der Waals surface area contributed by atoms with E-state index in [1.165, 1.54) is 38.5 Å². The molecule has 4 fully saturated rings. The van der Waals surface area contributed by atoms with Crippen molar-refractivity contribution in [1.82, 2.24) is 14.8 Å². The van der Waals surface area contributed by atoms with E-state index >= 15 is 0 Å². The second-order valence-electron chi connectivity index (χ2n) is 7.45. The van der Waals surface area contributed by atoms with Crippen molar-refractivity contribution in [2.45, 2.75) is 51.0 Å². The first-order valence-electron chi connectivity index (χ1n) is 7.73. The number of aromatic nitrogens is 3. The second kappa shape index (κ2) is 4.05. The van der Waals surface area contributed by atoms with Gasteiger partial charge in [-0.3, -0.25) is 0 Å². The molecule has 1 unspecified atom stereocenters. The molecule has 0 aromatic carbocycles. The van der Waals surface area contributed by atoms with Crippen LogP contribution in [-0.4, -0.2) is 20.8 Å². The molecule has 4 heteroatoms. The molecular formula is C15H24N4. The molecule has 4 aliphatic rings. The third-order valence-corrected chi connectivity index (χ3v) is 6.08. The van der Waals surface area contributed by atoms with Crippen LogP contribution in [0.1, 0.15) is 44.3 Å². The van der Waals surface area contributed by atoms with Gasteiger partial charge in [0, 0.05) is 19.5 Å². The van der Waals surface area contributed by atoms with E-state index in [9.17, 15) is 0 Å². The van der Waals surface area contributed by atoms with E-state index in [0.29, 0.717) is 5.41 Å². The van der Waals surface area contributed by atoms with E-state index in [-0.39, 0.29) is 6.04 Å². The van der Waals surface area contributed by atoms with Crippen LogP contribution in [0.2, 0.25) is 0 Å². The Morgan fingerprint density at radius 2 is 1.84 bits per heavy atom. The molecule has 19 heavy (non-hydrogen) atoms. The first kappa shape index (κ1) is 11.9. The van der Waals surface area contributed by atoms with Crippen molar-refractivity contribution < 1.29 is 0 Å². The maximum Gasteiger partial charge on any atom is 0.134 e. The molecule has 0 amide bonds. The van der Waals surface area contributed by atoms with Crippen molar-refractivity contribution in [2.24, 2.45) is 36.0 Å². The van der Waals surface area contributed by atoms with Crippen molar-refractivity contribution in [3.63, 3.8) is 0 Å². The molecule has 4 bridgehead atoms. The Morgan fingerprint density at radius 1 is 1.26 bits per heavy atom. The van der Waals surface area contributed by atoms with Crippen LogP contribution in [0.4, 0.5) is 0 Å². The number of rotatable bonds is 3. The molecule has 1 atom stereocenters. The molecule has 4 aliphatic carbocycles. The van der Waals surface area contributed by atoms with Gasteiger partial charge in [0.2, 0.25) is 0 Å². The van der Waals surface area contributed by atoms with Crippen molar-refractivity contribution in [3.05, 3.63) is 12.2 Å². The summed E-state index contributed by atoms with van der Waals surface area (Å²) in [5.74, 6) is 3.95. The predicted octanol–water partition coefficient (Wildman–Crippen LogP) is 1.90. The summed E-state index contributed by atoms with van der Waals surface area (Å²) in [6.45, 7) is 0. The molecule has 0 saturated heterocycles. The van der Waals surface area contributed by atoms with Gasteiger partial charge in [0.05, 0.1) is 0 Å². The van der Waals surface area contributed by atoms with Crippen molar-refractivity contribution >= 4 is 0 Å². The van der Waals surface area contributed by atoms with E-state index in [0.717, 1.165) is 30.0 Å². The highest BCUT2D eigenvalue weighted by Gasteiger charge is 2.53. The Balaban J connectivity index is 1.56. The molecule has 1 aromatic heterocycles. The average molecular weight is 260 g/mol. The summed E-state index contributed by atoms with van der Waals surface area (Å²) in [5, 5.41) is 8.19. The molecule has 0 spiro atoms. The predicted molar refractivity (Wildman–Crippen MR) is 73.3 cm³/mol. The zero-order valence-corrected chi connectivity index (χ0v) is 11.8. The number of nitrogens with zero attached hydrogens (tertiary/aromatic N) is 3. The topological polar surface area (TPSA) is 56.7 Å². The van der Waals surface area contributed by atoms with Gasteiger partial charge in [0.25, 0.3) is 0 Å². The van der Waals surface area contributed by atoms with Crippen LogP contribution in [0.15, 0.2) is 6.33 Å².